The molecule has 1 amide bonds. The monoisotopic (exact) mass is 304 g/mol. The highest BCUT2D eigenvalue weighted by Crippen LogP contribution is 2.18. The zero-order chi connectivity index (χ0) is 16.1. The van der Waals surface area contributed by atoms with Crippen molar-refractivity contribution in [2.75, 3.05) is 12.4 Å². The summed E-state index contributed by atoms with van der Waals surface area (Å²) in [6.07, 6.45) is 0.612. The lowest BCUT2D eigenvalue weighted by Crippen LogP contribution is -2.42. The molecule has 0 aliphatic carbocycles. The quantitative estimate of drug-likeness (QED) is 0.643. The van der Waals surface area contributed by atoms with E-state index < -0.39 is 0 Å². The molecular weight excluding hydrogens is 286 g/mol. The number of hydrogen-bond donors (Lipinski definition) is 1. The smallest absolute Gasteiger partial charge is 0.340 e. The summed E-state index contributed by atoms with van der Waals surface area (Å²) in [4.78, 5) is 22.9. The number of rotatable bonds is 6. The molecule has 0 bridgehead atoms. The van der Waals surface area contributed by atoms with Gasteiger partial charge in [-0.25, -0.2) is 0 Å². The number of methoxy groups -OCH3 is 1. The molecule has 1 aromatic carbocycles. The third-order valence-corrected chi connectivity index (χ3v) is 3.11. The van der Waals surface area contributed by atoms with Crippen LogP contribution in [0, 0.1) is 0 Å². The minimum absolute atomic E-state index is 0.0695. The van der Waals surface area contributed by atoms with Crippen LogP contribution in [0.2, 0.25) is 0 Å². The van der Waals surface area contributed by atoms with Crippen LogP contribution in [0.15, 0.2) is 28.8 Å². The number of hydrogen-bond acceptors (Lipinski definition) is 5. The minimum atomic E-state index is -0.324. The lowest BCUT2D eigenvalue weighted by Gasteiger charge is -2.05. The lowest BCUT2D eigenvalue weighted by atomic mass is 10.1. The molecule has 0 aliphatic heterocycles. The minimum Gasteiger partial charge on any atom is -0.496 e. The van der Waals surface area contributed by atoms with Crippen LogP contribution in [0.5, 0.6) is 5.75 Å². The van der Waals surface area contributed by atoms with Crippen LogP contribution in [0.1, 0.15) is 29.9 Å². The number of carbonyl (C=O) groups excluding carboxylic acids is 2. The first-order valence-electron chi connectivity index (χ1n) is 6.83. The fourth-order valence-corrected chi connectivity index (χ4v) is 2.16. The molecule has 7 heteroatoms. The Hall–Kier alpha value is -2.70. The van der Waals surface area contributed by atoms with Gasteiger partial charge in [-0.1, -0.05) is 18.2 Å². The third-order valence-electron chi connectivity index (χ3n) is 3.11. The van der Waals surface area contributed by atoms with Gasteiger partial charge in [0.25, 0.3) is 0 Å². The van der Waals surface area contributed by atoms with Crippen molar-refractivity contribution in [1.82, 2.24) is 5.27 Å². The zero-order valence-corrected chi connectivity index (χ0v) is 12.8. The predicted octanol–water partition coefficient (Wildman–Crippen LogP) is 1.37. The average molecular weight is 304 g/mol. The zero-order valence-electron chi connectivity index (χ0n) is 12.8. The van der Waals surface area contributed by atoms with Gasteiger partial charge in [0.2, 0.25) is 17.0 Å². The number of para-hydroxylation sites is 1. The Balaban J connectivity index is 2.21. The van der Waals surface area contributed by atoms with Gasteiger partial charge in [0.15, 0.2) is 6.54 Å². The largest absolute Gasteiger partial charge is 0.496 e. The molecule has 0 aliphatic rings. The number of Topliss-reactive ketones (excluding diaryl/α,β-unsaturated/α-hetero) is 1. The summed E-state index contributed by atoms with van der Waals surface area (Å²) in [5.41, 5.74) is 1.24. The number of carbonyl (C=O) groups is 2. The van der Waals surface area contributed by atoms with Crippen molar-refractivity contribution in [3.8, 4) is 5.75 Å². The van der Waals surface area contributed by atoms with Gasteiger partial charge in [0.1, 0.15) is 5.75 Å². The van der Waals surface area contributed by atoms with Crippen LogP contribution in [-0.4, -0.2) is 24.1 Å². The molecule has 1 N–H and O–H groups in total. The second kappa shape index (κ2) is 6.84. The van der Waals surface area contributed by atoms with E-state index in [4.69, 9.17) is 9.26 Å². The number of nitrogens with one attached hydrogen (secondary N) is 1. The van der Waals surface area contributed by atoms with Crippen molar-refractivity contribution in [3.63, 3.8) is 0 Å². The number of benzene rings is 1. The predicted molar refractivity (Wildman–Crippen MR) is 77.7 cm³/mol. The summed E-state index contributed by atoms with van der Waals surface area (Å²) in [6.45, 7) is 3.17. The van der Waals surface area contributed by atoms with Crippen molar-refractivity contribution < 1.29 is 23.5 Å². The molecule has 0 saturated carbocycles. The van der Waals surface area contributed by atoms with Crippen LogP contribution in [0.25, 0.3) is 0 Å². The summed E-state index contributed by atoms with van der Waals surface area (Å²) in [7, 11) is 1.61. The molecule has 2 aromatic rings. The van der Waals surface area contributed by atoms with Crippen LogP contribution >= 0.6 is 0 Å². The Bertz CT molecular complexity index is 694. The molecule has 2 rings (SSSR count). The molecule has 116 valence electrons. The summed E-state index contributed by atoms with van der Waals surface area (Å²) in [6, 6.07) is 7.63. The van der Waals surface area contributed by atoms with Crippen molar-refractivity contribution in [1.29, 1.82) is 0 Å². The first-order chi connectivity index (χ1) is 10.5. The highest BCUT2D eigenvalue weighted by molar-refractivity contribution is 5.98. The molecule has 22 heavy (non-hydrogen) atoms. The molecule has 7 nitrogen and oxygen atoms in total. The number of amides is 1. The maximum Gasteiger partial charge on any atom is 0.340 e. The van der Waals surface area contributed by atoms with Gasteiger partial charge in [-0.3, -0.25) is 19.4 Å². The van der Waals surface area contributed by atoms with Gasteiger partial charge in [-0.05, 0) is 10.7 Å². The van der Waals surface area contributed by atoms with Crippen molar-refractivity contribution >= 4 is 17.6 Å². The maximum absolute atomic E-state index is 11.8. The van der Waals surface area contributed by atoms with Crippen molar-refractivity contribution in [3.05, 3.63) is 35.5 Å². The molecule has 0 saturated heterocycles. The van der Waals surface area contributed by atoms with Crippen LogP contribution in [0.4, 0.5) is 5.88 Å². The highest BCUT2D eigenvalue weighted by Gasteiger charge is 2.29. The van der Waals surface area contributed by atoms with Crippen molar-refractivity contribution in [2.45, 2.75) is 26.8 Å². The molecule has 1 aromatic heterocycles. The number of aryl methyl sites for hydroxylation is 2. The first-order valence-corrected chi connectivity index (χ1v) is 6.83. The van der Waals surface area contributed by atoms with Crippen molar-refractivity contribution in [2.24, 2.45) is 0 Å². The lowest BCUT2D eigenvalue weighted by molar-refractivity contribution is -0.763. The topological polar surface area (TPSA) is 85.3 Å². The Morgan fingerprint density at radius 3 is 2.68 bits per heavy atom. The normalized spacial score (nSPS) is 10.3. The third kappa shape index (κ3) is 3.49. The molecule has 0 fully saturated rings. The van der Waals surface area contributed by atoms with Gasteiger partial charge >= 0.3 is 11.6 Å². The molecule has 0 unspecified atom stereocenters. The maximum atomic E-state index is 11.8. The van der Waals surface area contributed by atoms with Crippen LogP contribution < -0.4 is 14.7 Å². The number of anilines is 1. The number of aromatic nitrogens is 2. The van der Waals surface area contributed by atoms with E-state index in [1.54, 1.807) is 7.11 Å². The van der Waals surface area contributed by atoms with E-state index >= 15 is 0 Å². The Kier molecular flexibility index (Phi) is 4.88. The Morgan fingerprint density at radius 1 is 1.32 bits per heavy atom. The summed E-state index contributed by atoms with van der Waals surface area (Å²) in [5.74, 6) is 0.290. The molecular formula is C15H18N3O4+. The van der Waals surface area contributed by atoms with E-state index in [9.17, 15) is 9.59 Å². The van der Waals surface area contributed by atoms with Gasteiger partial charge in [-0.2, -0.15) is 0 Å². The average Bonchev–Trinajstić information content (AvgIpc) is 2.87. The van der Waals surface area contributed by atoms with E-state index in [2.05, 4.69) is 10.6 Å². The summed E-state index contributed by atoms with van der Waals surface area (Å²) >= 11 is 0. The fraction of sp³-hybridized carbons (Fsp3) is 0.333. The second-order valence-corrected chi connectivity index (χ2v) is 4.77. The molecule has 0 radical (unpaired) electrons. The molecule has 0 spiro atoms. The van der Waals surface area contributed by atoms with E-state index in [1.165, 1.54) is 18.5 Å². The second-order valence-electron chi connectivity index (χ2n) is 4.77. The number of ether oxygens (including phenoxy) is 1. The van der Waals surface area contributed by atoms with E-state index in [0.717, 1.165) is 11.3 Å². The first kappa shape index (κ1) is 15.7. The van der Waals surface area contributed by atoms with Crippen LogP contribution in [0.3, 0.4) is 0 Å². The Labute approximate surface area is 127 Å². The standard InChI is InChI=1S/C15H17N3O4/c1-10(19)14-15(16-11(2)20)22-17-18(14)9-8-12-6-4-5-7-13(12)21-3/h4-7H,8-9H2,1-3H3/p+1. The van der Waals surface area contributed by atoms with E-state index in [0.29, 0.717) is 13.0 Å². The Morgan fingerprint density at radius 2 is 2.05 bits per heavy atom. The fourth-order valence-electron chi connectivity index (χ4n) is 2.16. The summed E-state index contributed by atoms with van der Waals surface area (Å²) in [5, 5.41) is 6.29. The number of ketones is 1. The van der Waals surface area contributed by atoms with Gasteiger partial charge in [0, 0.05) is 25.8 Å². The summed E-state index contributed by atoms with van der Waals surface area (Å²) < 4.78 is 11.8. The van der Waals surface area contributed by atoms with E-state index in [-0.39, 0.29) is 23.3 Å². The SMILES string of the molecule is COc1ccccc1CC[n+]1noc(NC(C)=O)c1C(C)=O. The van der Waals surface area contributed by atoms with Gasteiger partial charge in [0.05, 0.1) is 7.11 Å². The number of nitrogens with zero attached hydrogens (tertiary/aromatic N) is 2. The van der Waals surface area contributed by atoms with Crippen LogP contribution in [-0.2, 0) is 17.8 Å². The molecule has 0 atom stereocenters. The highest BCUT2D eigenvalue weighted by atomic mass is 16.5. The molecule has 1 heterocycles. The van der Waals surface area contributed by atoms with E-state index in [1.807, 2.05) is 24.3 Å². The van der Waals surface area contributed by atoms with Gasteiger partial charge in [-0.15, -0.1) is 0 Å². The van der Waals surface area contributed by atoms with Gasteiger partial charge < -0.3 is 4.74 Å².